The summed E-state index contributed by atoms with van der Waals surface area (Å²) < 4.78 is 12.0. The van der Waals surface area contributed by atoms with E-state index in [0.29, 0.717) is 0 Å². The van der Waals surface area contributed by atoms with Crippen LogP contribution in [0.2, 0.25) is 0 Å². The Hall–Kier alpha value is -16.1. The Labute approximate surface area is 725 Å². The lowest BCUT2D eigenvalue weighted by Crippen LogP contribution is -2.14. The van der Waals surface area contributed by atoms with Gasteiger partial charge in [0.05, 0.1) is 66.5 Å². The van der Waals surface area contributed by atoms with Gasteiger partial charge in [0.2, 0.25) is 0 Å². The lowest BCUT2D eigenvalue weighted by Gasteiger charge is -2.21. The molecule has 5 aromatic heterocycles. The molecular weight excluding hydrogens is 1510 g/mol. The van der Waals surface area contributed by atoms with Gasteiger partial charge in [-0.15, -0.1) is 0 Å². The maximum atomic E-state index is 2.47. The molecular formula is C120H85N5. The van der Waals surface area contributed by atoms with Crippen molar-refractivity contribution in [2.24, 2.45) is 0 Å². The van der Waals surface area contributed by atoms with Crippen molar-refractivity contribution in [3.8, 4) is 84.1 Å². The molecule has 0 amide bonds. The number of nitrogens with zero attached hydrogens (tertiary/aromatic N) is 5. The Morgan fingerprint density at radius 2 is 0.472 bits per heavy atom. The molecule has 590 valence electrons. The molecule has 26 rings (SSSR count). The largest absolute Gasteiger partial charge is 0.309 e. The van der Waals surface area contributed by atoms with Crippen molar-refractivity contribution in [2.45, 2.75) is 26.7 Å². The summed E-state index contributed by atoms with van der Waals surface area (Å²) in [5.74, 6) is 0. The SMILES string of the molecule is C.CC1(C)c2ccccc2-c2cc(-c3ccc4c5ccccc5n(-c5ccc(-c6ccccc6)c6ccccc56)c4c3)ccc21.c1ccc(-n2c3ccccc3c3cc(-c4ccc5c(c4)c4ccccc4n5-c4cccc5ccccc45)ccc32)cc1.c1ccc(-n2c3ccccc3c3cc(-c4ccc5c(c4)c4ccccc4n5-c4ccccc4)ccc32)cc1. The van der Waals surface area contributed by atoms with Crippen molar-refractivity contribution in [1.29, 1.82) is 0 Å². The summed E-state index contributed by atoms with van der Waals surface area (Å²) in [6, 6.07) is 166. The van der Waals surface area contributed by atoms with E-state index in [-0.39, 0.29) is 12.8 Å². The summed E-state index contributed by atoms with van der Waals surface area (Å²) >= 11 is 0. The zero-order valence-electron chi connectivity index (χ0n) is 68.5. The summed E-state index contributed by atoms with van der Waals surface area (Å²) in [6.07, 6.45) is 0. The fourth-order valence-electron chi connectivity index (χ4n) is 20.5. The Bertz CT molecular complexity index is 8410. The highest BCUT2D eigenvalue weighted by atomic mass is 15.0. The van der Waals surface area contributed by atoms with Crippen molar-refractivity contribution >= 4 is 131 Å². The predicted octanol–water partition coefficient (Wildman–Crippen LogP) is 32.5. The third kappa shape index (κ3) is 12.1. The van der Waals surface area contributed by atoms with Crippen LogP contribution in [0.1, 0.15) is 32.4 Å². The van der Waals surface area contributed by atoms with Gasteiger partial charge in [0.15, 0.2) is 0 Å². The number of hydrogen-bond acceptors (Lipinski definition) is 0. The van der Waals surface area contributed by atoms with Crippen molar-refractivity contribution in [3.05, 3.63) is 466 Å². The number of para-hydroxylation sites is 8. The van der Waals surface area contributed by atoms with Crippen LogP contribution in [0.4, 0.5) is 0 Å². The smallest absolute Gasteiger partial charge is 0.0547 e. The minimum Gasteiger partial charge on any atom is -0.309 e. The van der Waals surface area contributed by atoms with Crippen LogP contribution in [0, 0.1) is 0 Å². The van der Waals surface area contributed by atoms with Crippen LogP contribution in [0.15, 0.2) is 455 Å². The first-order valence-corrected chi connectivity index (χ1v) is 42.9. The molecule has 0 saturated carbocycles. The number of benzene rings is 20. The highest BCUT2D eigenvalue weighted by Crippen LogP contribution is 2.51. The van der Waals surface area contributed by atoms with E-state index in [0.717, 1.165) is 0 Å². The molecule has 20 aromatic carbocycles. The molecule has 1 aliphatic carbocycles. The first-order chi connectivity index (χ1) is 61.3. The molecule has 5 heteroatoms. The molecule has 125 heavy (non-hydrogen) atoms. The van der Waals surface area contributed by atoms with E-state index in [4.69, 9.17) is 0 Å². The molecule has 0 aliphatic heterocycles. The van der Waals surface area contributed by atoms with Gasteiger partial charge in [-0.1, -0.05) is 337 Å². The monoisotopic (exact) mass is 1600 g/mol. The first kappa shape index (κ1) is 74.0. The highest BCUT2D eigenvalue weighted by Gasteiger charge is 2.35. The van der Waals surface area contributed by atoms with Gasteiger partial charge in [0, 0.05) is 87.1 Å². The molecule has 5 nitrogen and oxygen atoms in total. The second kappa shape index (κ2) is 30.0. The fraction of sp³-hybridized carbons (Fsp3) is 0.0333. The molecule has 0 radical (unpaired) electrons. The maximum absolute atomic E-state index is 2.47. The van der Waals surface area contributed by atoms with E-state index < -0.39 is 0 Å². The fourth-order valence-corrected chi connectivity index (χ4v) is 20.5. The Balaban J connectivity index is 0.000000108. The lowest BCUT2D eigenvalue weighted by atomic mass is 9.82. The predicted molar refractivity (Wildman–Crippen MR) is 532 cm³/mol. The summed E-state index contributed by atoms with van der Waals surface area (Å²) in [4.78, 5) is 0. The topological polar surface area (TPSA) is 24.6 Å². The van der Waals surface area contributed by atoms with Crippen LogP contribution in [-0.4, -0.2) is 22.8 Å². The number of fused-ring (bicyclic) bond motifs is 20. The zero-order chi connectivity index (χ0) is 82.1. The van der Waals surface area contributed by atoms with E-state index in [1.54, 1.807) is 0 Å². The van der Waals surface area contributed by atoms with E-state index in [1.165, 1.54) is 226 Å². The molecule has 25 aromatic rings. The molecule has 0 atom stereocenters. The third-order valence-electron chi connectivity index (χ3n) is 26.2. The third-order valence-corrected chi connectivity index (χ3v) is 26.2. The highest BCUT2D eigenvalue weighted by molar-refractivity contribution is 6.17. The van der Waals surface area contributed by atoms with Gasteiger partial charge in [-0.25, -0.2) is 0 Å². The van der Waals surface area contributed by atoms with Crippen LogP contribution >= 0.6 is 0 Å². The summed E-state index contributed by atoms with van der Waals surface area (Å²) in [6.45, 7) is 4.68. The normalized spacial score (nSPS) is 12.2. The maximum Gasteiger partial charge on any atom is 0.0547 e. The standard InChI is InChI=1S/C43H31N.C40H26N2.C36H24N2.CH4/c1-43(2)38-18-10-8-15-33(38)37-26-29(21-24-39(37)43)30-20-22-36-35-17-9-11-19-40(35)44(42(36)27-30)41-25-23-31(28-12-4-3-5-13-28)32-14-6-7-16-34(32)41;1-2-13-30(14-3-1)41-37-18-8-6-16-32(37)34-25-28(21-23-39(34)41)29-22-24-40-35(26-29)33-17-7-9-19-38(33)42(40)36-20-10-12-27-11-4-5-15-31(27)36;1-3-11-27(12-4-1)37-33-17-9-7-15-29(33)31-23-25(19-21-35(31)37)26-20-22-36-32(24-26)30-16-8-10-18-34(30)38(36)28-13-5-2-6-14-28;/h3-27H,1-2H3;1-26H;1-24H;1H4. The Morgan fingerprint density at radius 3 is 0.960 bits per heavy atom. The average Bonchev–Trinajstić information content (AvgIpc) is 1.49. The first-order valence-electron chi connectivity index (χ1n) is 42.9. The molecule has 5 heterocycles. The summed E-state index contributed by atoms with van der Waals surface area (Å²) in [5, 5.41) is 17.7. The summed E-state index contributed by atoms with van der Waals surface area (Å²) in [5.41, 5.74) is 33.6. The average molecular weight is 1600 g/mol. The van der Waals surface area contributed by atoms with Gasteiger partial charge in [-0.3, -0.25) is 0 Å². The van der Waals surface area contributed by atoms with Gasteiger partial charge in [0.1, 0.15) is 0 Å². The molecule has 0 unspecified atom stereocenters. The van der Waals surface area contributed by atoms with Crippen molar-refractivity contribution in [1.82, 2.24) is 22.8 Å². The molecule has 0 bridgehead atoms. The molecule has 0 N–H and O–H groups in total. The number of aromatic nitrogens is 5. The van der Waals surface area contributed by atoms with Crippen LogP contribution in [0.25, 0.3) is 215 Å². The second-order valence-corrected chi connectivity index (χ2v) is 33.4. The van der Waals surface area contributed by atoms with Crippen LogP contribution in [0.5, 0.6) is 0 Å². The van der Waals surface area contributed by atoms with E-state index in [1.807, 2.05) is 0 Å². The van der Waals surface area contributed by atoms with Gasteiger partial charge in [-0.05, 0) is 217 Å². The number of rotatable bonds is 9. The van der Waals surface area contributed by atoms with Crippen molar-refractivity contribution in [2.75, 3.05) is 0 Å². The Kier molecular flexibility index (Phi) is 17.7. The molecule has 1 aliphatic rings. The van der Waals surface area contributed by atoms with Crippen LogP contribution in [0.3, 0.4) is 0 Å². The van der Waals surface area contributed by atoms with E-state index in [9.17, 15) is 0 Å². The van der Waals surface area contributed by atoms with E-state index in [2.05, 4.69) is 492 Å². The van der Waals surface area contributed by atoms with Gasteiger partial charge in [-0.2, -0.15) is 0 Å². The van der Waals surface area contributed by atoms with E-state index >= 15 is 0 Å². The molecule has 0 fully saturated rings. The minimum absolute atomic E-state index is 0. The molecule has 0 saturated heterocycles. The van der Waals surface area contributed by atoms with Crippen LogP contribution < -0.4 is 0 Å². The van der Waals surface area contributed by atoms with Gasteiger partial charge >= 0.3 is 0 Å². The zero-order valence-corrected chi connectivity index (χ0v) is 68.5. The van der Waals surface area contributed by atoms with Gasteiger partial charge in [0.25, 0.3) is 0 Å². The van der Waals surface area contributed by atoms with Gasteiger partial charge < -0.3 is 22.8 Å². The quantitative estimate of drug-likeness (QED) is 0.138. The van der Waals surface area contributed by atoms with Crippen molar-refractivity contribution in [3.63, 3.8) is 0 Å². The van der Waals surface area contributed by atoms with Crippen LogP contribution in [-0.2, 0) is 5.41 Å². The minimum atomic E-state index is 0. The molecule has 0 spiro atoms. The van der Waals surface area contributed by atoms with Crippen molar-refractivity contribution < 1.29 is 0 Å². The lowest BCUT2D eigenvalue weighted by molar-refractivity contribution is 0.660. The summed E-state index contributed by atoms with van der Waals surface area (Å²) in [7, 11) is 0. The Morgan fingerprint density at radius 1 is 0.160 bits per heavy atom. The number of hydrogen-bond donors (Lipinski definition) is 0. The second-order valence-electron chi connectivity index (χ2n) is 33.4.